The molecule has 3 heterocycles. The fourth-order valence-corrected chi connectivity index (χ4v) is 4.95. The fourth-order valence-electron chi connectivity index (χ4n) is 4.95. The Kier molecular flexibility index (Phi) is 7.01. The Bertz CT molecular complexity index is 1080. The van der Waals surface area contributed by atoms with Crippen molar-refractivity contribution in [1.82, 2.24) is 20.1 Å². The minimum absolute atomic E-state index is 0.106. The van der Waals surface area contributed by atoms with Gasteiger partial charge in [0.1, 0.15) is 17.6 Å². The summed E-state index contributed by atoms with van der Waals surface area (Å²) in [6.07, 6.45) is 9.42. The molecule has 1 saturated carbocycles. The molecule has 1 saturated heterocycles. The lowest BCUT2D eigenvalue weighted by atomic mass is 9.74. The van der Waals surface area contributed by atoms with E-state index in [-0.39, 0.29) is 17.4 Å². The molecule has 0 spiro atoms. The van der Waals surface area contributed by atoms with Gasteiger partial charge in [-0.2, -0.15) is 10.4 Å². The second-order valence-corrected chi connectivity index (χ2v) is 9.76. The van der Waals surface area contributed by atoms with Gasteiger partial charge in [0, 0.05) is 44.0 Å². The van der Waals surface area contributed by atoms with Gasteiger partial charge in [0.2, 0.25) is 5.91 Å². The topological polar surface area (TPSA) is 99.2 Å². The zero-order valence-corrected chi connectivity index (χ0v) is 20.7. The maximum absolute atomic E-state index is 13.0. The Morgan fingerprint density at radius 3 is 2.53 bits per heavy atom. The van der Waals surface area contributed by atoms with Crippen LogP contribution in [0.5, 0.6) is 0 Å². The van der Waals surface area contributed by atoms with Crippen LogP contribution in [0.3, 0.4) is 0 Å². The highest BCUT2D eigenvalue weighted by Crippen LogP contribution is 2.37. The molecule has 34 heavy (non-hydrogen) atoms. The maximum Gasteiger partial charge on any atom is 0.226 e. The van der Waals surface area contributed by atoms with Crippen molar-refractivity contribution in [1.29, 1.82) is 5.26 Å². The zero-order valence-electron chi connectivity index (χ0n) is 20.7. The number of hydrogen-bond donors (Lipinski definition) is 1. The number of nitrogens with zero attached hydrogens (tertiary/aromatic N) is 6. The van der Waals surface area contributed by atoms with E-state index in [0.717, 1.165) is 62.3 Å². The van der Waals surface area contributed by atoms with E-state index in [1.807, 2.05) is 36.9 Å². The molecule has 180 valence electrons. The molecule has 1 aliphatic heterocycles. The highest BCUT2D eigenvalue weighted by Gasteiger charge is 2.41. The van der Waals surface area contributed by atoms with E-state index >= 15 is 0 Å². The SMILES string of the molecule is CCC1(C(=O)NC2CCC2)CCN(c2ccc(C(=NC)c3c(C#N)cnn3C(C)C)cn2)CC1. The maximum atomic E-state index is 13.0. The number of pyridine rings is 1. The third-order valence-electron chi connectivity index (χ3n) is 7.52. The summed E-state index contributed by atoms with van der Waals surface area (Å²) >= 11 is 0. The van der Waals surface area contributed by atoms with Gasteiger partial charge in [-0.25, -0.2) is 4.98 Å². The number of anilines is 1. The Balaban J connectivity index is 1.48. The second kappa shape index (κ2) is 9.96. The lowest BCUT2D eigenvalue weighted by Crippen LogP contribution is -2.52. The van der Waals surface area contributed by atoms with Crippen LogP contribution in [0.2, 0.25) is 0 Å². The smallest absolute Gasteiger partial charge is 0.226 e. The van der Waals surface area contributed by atoms with Crippen molar-refractivity contribution < 1.29 is 4.79 Å². The molecule has 4 rings (SSSR count). The number of piperidine rings is 1. The number of carbonyl (C=O) groups is 1. The molecule has 0 unspecified atom stereocenters. The van der Waals surface area contributed by atoms with Gasteiger partial charge in [-0.15, -0.1) is 0 Å². The zero-order chi connectivity index (χ0) is 24.3. The summed E-state index contributed by atoms with van der Waals surface area (Å²) in [6.45, 7) is 7.82. The Labute approximate surface area is 202 Å². The summed E-state index contributed by atoms with van der Waals surface area (Å²) in [7, 11) is 1.73. The van der Waals surface area contributed by atoms with Crippen molar-refractivity contribution >= 4 is 17.4 Å². The third kappa shape index (κ3) is 4.44. The summed E-state index contributed by atoms with van der Waals surface area (Å²) in [4.78, 5) is 24.5. The van der Waals surface area contributed by atoms with Crippen LogP contribution in [0.1, 0.15) is 82.2 Å². The molecule has 0 aromatic carbocycles. The highest BCUT2D eigenvalue weighted by molar-refractivity contribution is 6.13. The van der Waals surface area contributed by atoms with E-state index in [9.17, 15) is 10.1 Å². The first-order valence-corrected chi connectivity index (χ1v) is 12.4. The van der Waals surface area contributed by atoms with Crippen LogP contribution in [0.4, 0.5) is 5.82 Å². The quantitative estimate of drug-likeness (QED) is 0.631. The summed E-state index contributed by atoms with van der Waals surface area (Å²) in [6, 6.07) is 6.74. The largest absolute Gasteiger partial charge is 0.357 e. The number of aromatic nitrogens is 3. The summed E-state index contributed by atoms with van der Waals surface area (Å²) < 4.78 is 1.83. The van der Waals surface area contributed by atoms with E-state index in [2.05, 4.69) is 33.3 Å². The van der Waals surface area contributed by atoms with Gasteiger partial charge in [-0.1, -0.05) is 6.92 Å². The van der Waals surface area contributed by atoms with Crippen LogP contribution in [0, 0.1) is 16.7 Å². The van der Waals surface area contributed by atoms with Crippen LogP contribution in [-0.4, -0.2) is 52.6 Å². The molecule has 8 nitrogen and oxygen atoms in total. The van der Waals surface area contributed by atoms with E-state index in [1.165, 1.54) is 6.42 Å². The number of rotatable bonds is 7. The molecular formula is C26H35N7O. The minimum atomic E-state index is -0.267. The van der Waals surface area contributed by atoms with E-state index in [4.69, 9.17) is 4.98 Å². The summed E-state index contributed by atoms with van der Waals surface area (Å²) in [5, 5.41) is 17.2. The molecule has 8 heteroatoms. The van der Waals surface area contributed by atoms with Gasteiger partial charge >= 0.3 is 0 Å². The van der Waals surface area contributed by atoms with Gasteiger partial charge in [-0.3, -0.25) is 14.5 Å². The lowest BCUT2D eigenvalue weighted by molar-refractivity contribution is -0.133. The number of carbonyl (C=O) groups excluding carboxylic acids is 1. The van der Waals surface area contributed by atoms with Crippen molar-refractivity contribution in [3.8, 4) is 6.07 Å². The molecule has 2 aromatic rings. The number of aliphatic imine (C=N–C) groups is 1. The van der Waals surface area contributed by atoms with Crippen molar-refractivity contribution in [2.24, 2.45) is 10.4 Å². The van der Waals surface area contributed by atoms with Crippen LogP contribution in [-0.2, 0) is 4.79 Å². The standard InChI is InChI=1S/C26H35N7O/c1-5-26(25(34)31-21-7-6-8-21)11-13-32(14-12-26)22-10-9-19(16-29-22)23(28-4)24-20(15-27)17-30-33(24)18(2)3/h9-10,16-18,21H,5-8,11-14H2,1-4H3,(H,31,34). The van der Waals surface area contributed by atoms with Crippen LogP contribution in [0.25, 0.3) is 0 Å². The summed E-state index contributed by atoms with van der Waals surface area (Å²) in [5.74, 6) is 1.14. The average molecular weight is 462 g/mol. The molecular weight excluding hydrogens is 426 g/mol. The number of hydrogen-bond acceptors (Lipinski definition) is 6. The average Bonchev–Trinajstić information content (AvgIpc) is 3.26. The molecule has 1 aliphatic carbocycles. The fraction of sp³-hybridized carbons (Fsp3) is 0.577. The Morgan fingerprint density at radius 1 is 1.29 bits per heavy atom. The van der Waals surface area contributed by atoms with Crippen LogP contribution >= 0.6 is 0 Å². The molecule has 2 aromatic heterocycles. The van der Waals surface area contributed by atoms with Gasteiger partial charge in [-0.05, 0) is 64.5 Å². The second-order valence-electron chi connectivity index (χ2n) is 9.76. The number of amides is 1. The first-order valence-electron chi connectivity index (χ1n) is 12.4. The van der Waals surface area contributed by atoms with Crippen molar-refractivity contribution in [2.45, 2.75) is 71.4 Å². The molecule has 0 radical (unpaired) electrons. The monoisotopic (exact) mass is 461 g/mol. The van der Waals surface area contributed by atoms with E-state index in [1.54, 1.807) is 13.2 Å². The molecule has 2 aliphatic rings. The molecule has 0 bridgehead atoms. The first-order chi connectivity index (χ1) is 16.4. The van der Waals surface area contributed by atoms with E-state index < -0.39 is 0 Å². The molecule has 2 fully saturated rings. The minimum Gasteiger partial charge on any atom is -0.357 e. The lowest BCUT2D eigenvalue weighted by Gasteiger charge is -2.42. The van der Waals surface area contributed by atoms with Gasteiger partial charge < -0.3 is 10.2 Å². The third-order valence-corrected chi connectivity index (χ3v) is 7.52. The van der Waals surface area contributed by atoms with Crippen molar-refractivity contribution in [3.05, 3.63) is 41.3 Å². The molecule has 1 N–H and O–H groups in total. The van der Waals surface area contributed by atoms with Gasteiger partial charge in [0.15, 0.2) is 0 Å². The first kappa shape index (κ1) is 23.9. The number of nitriles is 1. The van der Waals surface area contributed by atoms with E-state index in [0.29, 0.717) is 17.3 Å². The normalized spacial score (nSPS) is 18.5. The van der Waals surface area contributed by atoms with Gasteiger partial charge in [0.05, 0.1) is 22.9 Å². The Morgan fingerprint density at radius 2 is 2.03 bits per heavy atom. The Hall–Kier alpha value is -3.21. The van der Waals surface area contributed by atoms with Crippen molar-refractivity contribution in [3.63, 3.8) is 0 Å². The summed E-state index contributed by atoms with van der Waals surface area (Å²) in [5.41, 5.74) is 2.52. The number of nitrogens with one attached hydrogen (secondary N) is 1. The predicted octanol–water partition coefficient (Wildman–Crippen LogP) is 3.86. The highest BCUT2D eigenvalue weighted by atomic mass is 16.2. The van der Waals surface area contributed by atoms with Crippen LogP contribution in [0.15, 0.2) is 29.5 Å². The molecule has 1 amide bonds. The van der Waals surface area contributed by atoms with Crippen LogP contribution < -0.4 is 10.2 Å². The predicted molar refractivity (Wildman–Crippen MR) is 133 cm³/mol. The van der Waals surface area contributed by atoms with Crippen molar-refractivity contribution in [2.75, 3.05) is 25.0 Å². The molecule has 0 atom stereocenters. The van der Waals surface area contributed by atoms with Gasteiger partial charge in [0.25, 0.3) is 0 Å².